The zero-order valence-corrected chi connectivity index (χ0v) is 14.2. The molecular formula is C16H11BrClN3O2. The maximum absolute atomic E-state index is 11.2. The van der Waals surface area contributed by atoms with Crippen molar-refractivity contribution in [2.24, 2.45) is 0 Å². The van der Waals surface area contributed by atoms with Crippen LogP contribution in [0.2, 0.25) is 5.02 Å². The number of hydrogen-bond donors (Lipinski definition) is 0. The highest BCUT2D eigenvalue weighted by Crippen LogP contribution is 2.32. The van der Waals surface area contributed by atoms with Gasteiger partial charge in [-0.2, -0.15) is 0 Å². The molecular weight excluding hydrogens is 382 g/mol. The number of aryl methyl sites for hydroxylation is 1. The molecule has 1 heterocycles. The summed E-state index contributed by atoms with van der Waals surface area (Å²) in [6, 6.07) is 12.0. The number of hydrogen-bond acceptors (Lipinski definition) is 4. The summed E-state index contributed by atoms with van der Waals surface area (Å²) in [7, 11) is 0. The molecule has 2 aromatic carbocycles. The van der Waals surface area contributed by atoms with E-state index in [0.29, 0.717) is 28.0 Å². The van der Waals surface area contributed by atoms with E-state index < -0.39 is 4.92 Å². The van der Waals surface area contributed by atoms with Crippen molar-refractivity contribution in [2.45, 2.75) is 6.42 Å². The molecule has 3 rings (SSSR count). The van der Waals surface area contributed by atoms with Gasteiger partial charge < -0.3 is 0 Å². The van der Waals surface area contributed by atoms with E-state index >= 15 is 0 Å². The van der Waals surface area contributed by atoms with E-state index in [1.165, 1.54) is 6.07 Å². The highest BCUT2D eigenvalue weighted by molar-refractivity contribution is 9.09. The predicted molar refractivity (Wildman–Crippen MR) is 94.1 cm³/mol. The van der Waals surface area contributed by atoms with Crippen LogP contribution in [0.5, 0.6) is 0 Å². The number of benzene rings is 2. The van der Waals surface area contributed by atoms with Crippen molar-refractivity contribution in [1.82, 2.24) is 9.97 Å². The molecule has 5 nitrogen and oxygen atoms in total. The number of nitro benzene ring substituents is 1. The molecule has 116 valence electrons. The van der Waals surface area contributed by atoms with Gasteiger partial charge in [0.25, 0.3) is 5.69 Å². The fraction of sp³-hybridized carbons (Fsp3) is 0.125. The van der Waals surface area contributed by atoms with Gasteiger partial charge in [0.2, 0.25) is 0 Å². The lowest BCUT2D eigenvalue weighted by Gasteiger charge is -2.10. The number of fused-ring (bicyclic) bond motifs is 1. The highest BCUT2D eigenvalue weighted by Gasteiger charge is 2.19. The van der Waals surface area contributed by atoms with Gasteiger partial charge in [-0.1, -0.05) is 51.8 Å². The van der Waals surface area contributed by atoms with Crippen molar-refractivity contribution in [1.29, 1.82) is 0 Å². The number of nitrogens with zero attached hydrogens (tertiary/aromatic N) is 3. The number of non-ortho nitro benzene ring substituents is 1. The van der Waals surface area contributed by atoms with Gasteiger partial charge in [0.1, 0.15) is 0 Å². The average Bonchev–Trinajstić information content (AvgIpc) is 2.54. The first-order chi connectivity index (χ1) is 11.1. The lowest BCUT2D eigenvalue weighted by atomic mass is 10.1. The number of rotatable bonds is 4. The Bertz CT molecular complexity index is 902. The number of alkyl halides is 1. The van der Waals surface area contributed by atoms with Gasteiger partial charge in [-0.3, -0.25) is 10.1 Å². The van der Waals surface area contributed by atoms with Crippen LogP contribution >= 0.6 is 27.5 Å². The van der Waals surface area contributed by atoms with Crippen LogP contribution in [0.15, 0.2) is 42.5 Å². The Balaban J connectivity index is 2.34. The minimum absolute atomic E-state index is 0.0614. The molecule has 0 saturated heterocycles. The van der Waals surface area contributed by atoms with Gasteiger partial charge >= 0.3 is 0 Å². The fourth-order valence-corrected chi connectivity index (χ4v) is 2.98. The number of halogens is 2. The van der Waals surface area contributed by atoms with Crippen molar-refractivity contribution in [3.05, 3.63) is 63.3 Å². The van der Waals surface area contributed by atoms with E-state index in [-0.39, 0.29) is 11.2 Å². The number of para-hydroxylation sites is 1. The molecule has 1 aromatic heterocycles. The maximum Gasteiger partial charge on any atom is 0.297 e. The summed E-state index contributed by atoms with van der Waals surface area (Å²) in [5.74, 6) is 0. The Labute approximate surface area is 145 Å². The molecule has 0 unspecified atom stereocenters. The first kappa shape index (κ1) is 15.8. The standard InChI is InChI=1S/C16H11BrClN3O2/c17-9-8-13-15(10-4-1-2-5-11(10)18)20-16-12(19-13)6-3-7-14(16)21(22)23/h1-7H,8-9H2. The van der Waals surface area contributed by atoms with Crippen LogP contribution in [0, 0.1) is 10.1 Å². The molecule has 0 atom stereocenters. The van der Waals surface area contributed by atoms with Gasteiger partial charge in [-0.05, 0) is 12.1 Å². The van der Waals surface area contributed by atoms with Crippen molar-refractivity contribution in [3.63, 3.8) is 0 Å². The van der Waals surface area contributed by atoms with Crippen LogP contribution in [0.4, 0.5) is 5.69 Å². The number of nitro groups is 1. The SMILES string of the molecule is O=[N+]([O-])c1cccc2nc(CCBr)c(-c3ccccc3Cl)nc12. The Hall–Kier alpha value is -2.05. The average molecular weight is 393 g/mol. The minimum Gasteiger partial charge on any atom is -0.258 e. The molecule has 7 heteroatoms. The molecule has 0 fully saturated rings. The summed E-state index contributed by atoms with van der Waals surface area (Å²) < 4.78 is 0. The van der Waals surface area contributed by atoms with E-state index in [0.717, 1.165) is 11.3 Å². The molecule has 0 N–H and O–H groups in total. The summed E-state index contributed by atoms with van der Waals surface area (Å²) in [4.78, 5) is 19.9. The third kappa shape index (κ3) is 3.04. The van der Waals surface area contributed by atoms with Crippen molar-refractivity contribution in [2.75, 3.05) is 5.33 Å². The van der Waals surface area contributed by atoms with E-state index in [1.54, 1.807) is 18.2 Å². The molecule has 0 amide bonds. The Kier molecular flexibility index (Phi) is 4.54. The third-order valence-corrected chi connectivity index (χ3v) is 4.13. The second-order valence-corrected chi connectivity index (χ2v) is 6.04. The van der Waals surface area contributed by atoms with Gasteiger partial charge in [0, 0.05) is 23.4 Å². The van der Waals surface area contributed by atoms with E-state index in [4.69, 9.17) is 11.6 Å². The summed E-state index contributed by atoms with van der Waals surface area (Å²) >= 11 is 9.68. The van der Waals surface area contributed by atoms with Gasteiger partial charge in [0.05, 0.1) is 26.9 Å². The molecule has 0 saturated carbocycles. The zero-order chi connectivity index (χ0) is 16.4. The molecule has 0 aliphatic carbocycles. The lowest BCUT2D eigenvalue weighted by molar-refractivity contribution is -0.383. The van der Waals surface area contributed by atoms with E-state index in [9.17, 15) is 10.1 Å². The van der Waals surface area contributed by atoms with E-state index in [2.05, 4.69) is 25.9 Å². The van der Waals surface area contributed by atoms with Gasteiger partial charge in [-0.25, -0.2) is 9.97 Å². The normalized spacial score (nSPS) is 10.9. The fourth-order valence-electron chi connectivity index (χ4n) is 2.38. The number of aromatic nitrogens is 2. The summed E-state index contributed by atoms with van der Waals surface area (Å²) in [6.07, 6.45) is 0.645. The molecule has 0 aliphatic heterocycles. The molecule has 0 spiro atoms. The van der Waals surface area contributed by atoms with Crippen LogP contribution in [0.3, 0.4) is 0 Å². The topological polar surface area (TPSA) is 68.9 Å². The maximum atomic E-state index is 11.2. The summed E-state index contributed by atoms with van der Waals surface area (Å²) in [5.41, 5.74) is 2.77. The first-order valence-corrected chi connectivity index (χ1v) is 8.36. The van der Waals surface area contributed by atoms with Crippen LogP contribution in [0.1, 0.15) is 5.69 Å². The summed E-state index contributed by atoms with van der Waals surface area (Å²) in [5, 5.41) is 12.5. The second-order valence-electron chi connectivity index (χ2n) is 4.84. The molecule has 0 radical (unpaired) electrons. The van der Waals surface area contributed by atoms with Crippen LogP contribution < -0.4 is 0 Å². The second kappa shape index (κ2) is 6.60. The van der Waals surface area contributed by atoms with Crippen molar-refractivity contribution < 1.29 is 4.92 Å². The van der Waals surface area contributed by atoms with Gasteiger partial charge in [-0.15, -0.1) is 0 Å². The molecule has 0 aliphatic rings. The monoisotopic (exact) mass is 391 g/mol. The lowest BCUT2D eigenvalue weighted by Crippen LogP contribution is -2.02. The van der Waals surface area contributed by atoms with E-state index in [1.807, 2.05) is 18.2 Å². The molecule has 0 bridgehead atoms. The van der Waals surface area contributed by atoms with Crippen molar-refractivity contribution in [3.8, 4) is 11.3 Å². The largest absolute Gasteiger partial charge is 0.297 e. The minimum atomic E-state index is -0.447. The Morgan fingerprint density at radius 1 is 1.13 bits per heavy atom. The third-order valence-electron chi connectivity index (χ3n) is 3.40. The van der Waals surface area contributed by atoms with Crippen LogP contribution in [-0.2, 0) is 6.42 Å². The molecule has 23 heavy (non-hydrogen) atoms. The van der Waals surface area contributed by atoms with Crippen molar-refractivity contribution >= 4 is 44.3 Å². The van der Waals surface area contributed by atoms with Crippen LogP contribution in [-0.4, -0.2) is 20.2 Å². The first-order valence-electron chi connectivity index (χ1n) is 6.86. The predicted octanol–water partition coefficient (Wildman–Crippen LogP) is 4.80. The Morgan fingerprint density at radius 2 is 1.91 bits per heavy atom. The highest BCUT2D eigenvalue weighted by atomic mass is 79.9. The zero-order valence-electron chi connectivity index (χ0n) is 11.9. The van der Waals surface area contributed by atoms with Gasteiger partial charge in [0.15, 0.2) is 5.52 Å². The van der Waals surface area contributed by atoms with Crippen LogP contribution in [0.25, 0.3) is 22.3 Å². The molecule has 3 aromatic rings. The smallest absolute Gasteiger partial charge is 0.258 e. The summed E-state index contributed by atoms with van der Waals surface area (Å²) in [6.45, 7) is 0. The quantitative estimate of drug-likeness (QED) is 0.363. The Morgan fingerprint density at radius 3 is 2.61 bits per heavy atom.